The van der Waals surface area contributed by atoms with E-state index in [9.17, 15) is 14.4 Å². The van der Waals surface area contributed by atoms with E-state index in [-0.39, 0.29) is 22.8 Å². The molecule has 0 aliphatic carbocycles. The number of rotatable bonds is 4. The van der Waals surface area contributed by atoms with Crippen molar-refractivity contribution in [2.45, 2.75) is 6.92 Å². The molecule has 0 atom stereocenters. The molecule has 0 bridgehead atoms. The van der Waals surface area contributed by atoms with Crippen molar-refractivity contribution in [1.29, 1.82) is 0 Å². The number of ketones is 2. The van der Waals surface area contributed by atoms with E-state index in [1.807, 2.05) is 18.2 Å². The molecule has 0 N–H and O–H groups in total. The SMILES string of the molecule is CC(=O)c1ccc(C(=O)c2cc3ccccc3nc2C=O)cc1. The van der Waals surface area contributed by atoms with E-state index in [2.05, 4.69) is 4.98 Å². The van der Waals surface area contributed by atoms with E-state index in [4.69, 9.17) is 0 Å². The molecule has 1 aromatic heterocycles. The van der Waals surface area contributed by atoms with Crippen LogP contribution in [0.15, 0.2) is 54.6 Å². The number of carbonyl (C=O) groups is 3. The second-order valence-corrected chi connectivity index (χ2v) is 5.19. The number of fused-ring (bicyclic) bond motifs is 1. The number of hydrogen-bond donors (Lipinski definition) is 0. The summed E-state index contributed by atoms with van der Waals surface area (Å²) >= 11 is 0. The topological polar surface area (TPSA) is 64.1 Å². The van der Waals surface area contributed by atoms with E-state index >= 15 is 0 Å². The van der Waals surface area contributed by atoms with Gasteiger partial charge in [0.05, 0.1) is 11.1 Å². The Hall–Kier alpha value is -3.14. The molecule has 2 aromatic carbocycles. The fourth-order valence-electron chi connectivity index (χ4n) is 2.41. The Labute approximate surface area is 132 Å². The second-order valence-electron chi connectivity index (χ2n) is 5.19. The largest absolute Gasteiger partial charge is 0.296 e. The van der Waals surface area contributed by atoms with Crippen molar-refractivity contribution in [1.82, 2.24) is 4.98 Å². The van der Waals surface area contributed by atoms with Crippen LogP contribution in [0.4, 0.5) is 0 Å². The third kappa shape index (κ3) is 2.79. The number of hydrogen-bond acceptors (Lipinski definition) is 4. The van der Waals surface area contributed by atoms with Gasteiger partial charge in [-0.2, -0.15) is 0 Å². The summed E-state index contributed by atoms with van der Waals surface area (Å²) in [6, 6.07) is 15.4. The molecule has 0 aliphatic rings. The maximum atomic E-state index is 12.7. The number of para-hydroxylation sites is 1. The number of aldehydes is 1. The van der Waals surface area contributed by atoms with E-state index in [0.29, 0.717) is 22.9 Å². The smallest absolute Gasteiger partial charge is 0.195 e. The lowest BCUT2D eigenvalue weighted by atomic mass is 9.99. The van der Waals surface area contributed by atoms with Gasteiger partial charge in [-0.05, 0) is 19.1 Å². The van der Waals surface area contributed by atoms with Gasteiger partial charge in [0.2, 0.25) is 0 Å². The lowest BCUT2D eigenvalue weighted by molar-refractivity contribution is 0.101. The third-order valence-electron chi connectivity index (χ3n) is 3.66. The predicted molar refractivity (Wildman–Crippen MR) is 87.0 cm³/mol. The van der Waals surface area contributed by atoms with Gasteiger partial charge in [-0.15, -0.1) is 0 Å². The Morgan fingerprint density at radius 1 is 0.957 bits per heavy atom. The number of Topliss-reactive ketones (excluding diaryl/α,β-unsaturated/α-hetero) is 1. The lowest BCUT2D eigenvalue weighted by Gasteiger charge is -2.06. The number of benzene rings is 2. The van der Waals surface area contributed by atoms with Gasteiger partial charge in [-0.3, -0.25) is 14.4 Å². The quantitative estimate of drug-likeness (QED) is 0.547. The fourth-order valence-corrected chi connectivity index (χ4v) is 2.41. The molecule has 3 aromatic rings. The Morgan fingerprint density at radius 3 is 2.26 bits per heavy atom. The summed E-state index contributed by atoms with van der Waals surface area (Å²) in [5, 5.41) is 0.793. The molecule has 0 spiro atoms. The summed E-state index contributed by atoms with van der Waals surface area (Å²) in [5.74, 6) is -0.356. The number of carbonyl (C=O) groups excluding carboxylic acids is 3. The monoisotopic (exact) mass is 303 g/mol. The molecule has 1 heterocycles. The molecule has 0 saturated carbocycles. The zero-order valence-corrected chi connectivity index (χ0v) is 12.4. The number of nitrogens with zero attached hydrogens (tertiary/aromatic N) is 1. The minimum absolute atomic E-state index is 0.0649. The van der Waals surface area contributed by atoms with Crippen molar-refractivity contribution in [3.63, 3.8) is 0 Å². The summed E-state index contributed by atoms with van der Waals surface area (Å²) < 4.78 is 0. The van der Waals surface area contributed by atoms with Gasteiger partial charge in [0.25, 0.3) is 0 Å². The van der Waals surface area contributed by atoms with Crippen LogP contribution in [0.1, 0.15) is 43.7 Å². The molecule has 23 heavy (non-hydrogen) atoms. The van der Waals surface area contributed by atoms with Gasteiger partial charge in [-0.25, -0.2) is 4.98 Å². The van der Waals surface area contributed by atoms with Crippen molar-refractivity contribution >= 4 is 28.8 Å². The van der Waals surface area contributed by atoms with Crippen LogP contribution in [-0.4, -0.2) is 22.8 Å². The van der Waals surface area contributed by atoms with Crippen LogP contribution in [0.5, 0.6) is 0 Å². The van der Waals surface area contributed by atoms with Crippen molar-refractivity contribution < 1.29 is 14.4 Å². The predicted octanol–water partition coefficient (Wildman–Crippen LogP) is 3.48. The molecule has 3 rings (SSSR count). The third-order valence-corrected chi connectivity index (χ3v) is 3.66. The van der Waals surface area contributed by atoms with E-state index < -0.39 is 0 Å². The minimum Gasteiger partial charge on any atom is -0.296 e. The summed E-state index contributed by atoms with van der Waals surface area (Å²) in [4.78, 5) is 39.5. The maximum Gasteiger partial charge on any atom is 0.195 e. The van der Waals surface area contributed by atoms with Crippen molar-refractivity contribution in [3.05, 3.63) is 77.0 Å². The summed E-state index contributed by atoms with van der Waals surface area (Å²) in [7, 11) is 0. The first-order valence-corrected chi connectivity index (χ1v) is 7.11. The van der Waals surface area contributed by atoms with Gasteiger partial charge in [0.1, 0.15) is 5.69 Å². The van der Waals surface area contributed by atoms with Crippen LogP contribution < -0.4 is 0 Å². The maximum absolute atomic E-state index is 12.7. The van der Waals surface area contributed by atoms with Crippen LogP contribution >= 0.6 is 0 Å². The Bertz CT molecular complexity index is 927. The highest BCUT2D eigenvalue weighted by Gasteiger charge is 2.16. The number of pyridine rings is 1. The van der Waals surface area contributed by atoms with E-state index in [0.717, 1.165) is 5.39 Å². The zero-order valence-electron chi connectivity index (χ0n) is 12.4. The molecule has 0 aliphatic heterocycles. The number of aromatic nitrogens is 1. The average Bonchev–Trinajstić information content (AvgIpc) is 2.60. The van der Waals surface area contributed by atoms with Crippen LogP contribution in [0.25, 0.3) is 10.9 Å². The molecule has 4 heteroatoms. The first-order valence-electron chi connectivity index (χ1n) is 7.11. The molecule has 112 valence electrons. The lowest BCUT2D eigenvalue weighted by Crippen LogP contribution is -2.07. The van der Waals surface area contributed by atoms with E-state index in [1.165, 1.54) is 6.92 Å². The molecular formula is C19H13NO3. The summed E-state index contributed by atoms with van der Waals surface area (Å²) in [5.41, 5.74) is 1.99. The Kier molecular flexibility index (Phi) is 3.81. The fraction of sp³-hybridized carbons (Fsp3) is 0.0526. The van der Waals surface area contributed by atoms with Gasteiger partial charge in [0.15, 0.2) is 17.9 Å². The van der Waals surface area contributed by atoms with Crippen LogP contribution in [0, 0.1) is 0 Å². The van der Waals surface area contributed by atoms with Gasteiger partial charge < -0.3 is 0 Å². The average molecular weight is 303 g/mol. The van der Waals surface area contributed by atoms with E-state index in [1.54, 1.807) is 36.4 Å². The Morgan fingerprint density at radius 2 is 1.61 bits per heavy atom. The normalized spacial score (nSPS) is 10.5. The zero-order chi connectivity index (χ0) is 16.4. The molecule has 0 fully saturated rings. The molecule has 0 unspecified atom stereocenters. The van der Waals surface area contributed by atoms with Gasteiger partial charge >= 0.3 is 0 Å². The second kappa shape index (κ2) is 5.93. The molecule has 0 saturated heterocycles. The van der Waals surface area contributed by atoms with Crippen molar-refractivity contribution in [2.75, 3.05) is 0 Å². The molecule has 0 radical (unpaired) electrons. The van der Waals surface area contributed by atoms with Gasteiger partial charge in [0, 0.05) is 16.5 Å². The highest BCUT2D eigenvalue weighted by molar-refractivity contribution is 6.14. The molecule has 4 nitrogen and oxygen atoms in total. The standard InChI is InChI=1S/C19H13NO3/c1-12(22)13-6-8-14(9-7-13)19(23)16-10-15-4-2-3-5-17(15)20-18(16)11-21/h2-11H,1H3. The van der Waals surface area contributed by atoms with Crippen LogP contribution in [0.2, 0.25) is 0 Å². The summed E-state index contributed by atoms with van der Waals surface area (Å²) in [6.45, 7) is 1.47. The highest BCUT2D eigenvalue weighted by atomic mass is 16.1. The minimum atomic E-state index is -0.291. The van der Waals surface area contributed by atoms with Crippen LogP contribution in [-0.2, 0) is 0 Å². The van der Waals surface area contributed by atoms with Gasteiger partial charge in [-0.1, -0.05) is 42.5 Å². The first-order chi connectivity index (χ1) is 11.1. The summed E-state index contributed by atoms with van der Waals surface area (Å²) in [6.07, 6.45) is 0.587. The highest BCUT2D eigenvalue weighted by Crippen LogP contribution is 2.19. The Balaban J connectivity index is 2.09. The van der Waals surface area contributed by atoms with Crippen molar-refractivity contribution in [3.8, 4) is 0 Å². The molecular weight excluding hydrogens is 290 g/mol. The molecule has 0 amide bonds. The first kappa shape index (κ1) is 14.8. The van der Waals surface area contributed by atoms with Crippen LogP contribution in [0.3, 0.4) is 0 Å². The van der Waals surface area contributed by atoms with Crippen molar-refractivity contribution in [2.24, 2.45) is 0 Å².